The molecule has 1 saturated carbocycles. The second kappa shape index (κ2) is 14.5. The van der Waals surface area contributed by atoms with Crippen LogP contribution in [0.25, 0.3) is 0 Å². The van der Waals surface area contributed by atoms with Gasteiger partial charge in [-0.2, -0.15) is 13.2 Å². The lowest BCUT2D eigenvalue weighted by atomic mass is 9.76. The van der Waals surface area contributed by atoms with Gasteiger partial charge in [-0.05, 0) is 92.3 Å². The Bertz CT molecular complexity index is 1390. The fourth-order valence-electron chi connectivity index (χ4n) is 5.40. The highest BCUT2D eigenvalue weighted by Gasteiger charge is 2.29. The van der Waals surface area contributed by atoms with Gasteiger partial charge in [0.05, 0.1) is 18.8 Å². The average Bonchev–Trinajstić information content (AvgIpc) is 2.99. The number of hydrogen-bond donors (Lipinski definition) is 0. The zero-order chi connectivity index (χ0) is 30.2. The Labute approximate surface area is 242 Å². The number of carbonyl (C=O) groups is 1. The van der Waals surface area contributed by atoms with E-state index in [4.69, 9.17) is 14.2 Å². The second-order valence-electron chi connectivity index (χ2n) is 10.5. The van der Waals surface area contributed by atoms with Crippen LogP contribution in [0.5, 0.6) is 17.2 Å². The Morgan fingerprint density at radius 2 is 1.26 bits per heavy atom. The van der Waals surface area contributed by atoms with Gasteiger partial charge in [0.1, 0.15) is 5.82 Å². The number of rotatable bonds is 12. The summed E-state index contributed by atoms with van der Waals surface area (Å²) < 4.78 is 88.6. The lowest BCUT2D eigenvalue weighted by Crippen LogP contribution is -2.16. The quantitative estimate of drug-likeness (QED) is 0.0913. The first-order valence-corrected chi connectivity index (χ1v) is 14.5. The fourth-order valence-corrected chi connectivity index (χ4v) is 5.40. The van der Waals surface area contributed by atoms with Gasteiger partial charge in [0.25, 0.3) is 0 Å². The van der Waals surface area contributed by atoms with Crippen molar-refractivity contribution in [2.24, 2.45) is 0 Å². The third kappa shape index (κ3) is 7.23. The maximum Gasteiger partial charge on any atom is 0.343 e. The molecule has 0 unspecified atom stereocenters. The van der Waals surface area contributed by atoms with Crippen molar-refractivity contribution in [1.29, 1.82) is 0 Å². The van der Waals surface area contributed by atoms with E-state index < -0.39 is 40.8 Å². The molecule has 1 fully saturated rings. The van der Waals surface area contributed by atoms with Crippen molar-refractivity contribution in [3.05, 3.63) is 88.2 Å². The van der Waals surface area contributed by atoms with Crippen LogP contribution in [0, 0.1) is 29.1 Å². The Kier molecular flexibility index (Phi) is 10.8. The Morgan fingerprint density at radius 1 is 0.690 bits per heavy atom. The average molecular weight is 591 g/mol. The van der Waals surface area contributed by atoms with Gasteiger partial charge in [0, 0.05) is 0 Å². The zero-order valence-electron chi connectivity index (χ0n) is 23.8. The number of ether oxygens (including phenoxy) is 3. The Balaban J connectivity index is 1.36. The van der Waals surface area contributed by atoms with Crippen molar-refractivity contribution >= 4 is 5.97 Å². The lowest BCUT2D eigenvalue weighted by molar-refractivity contribution is 0.0725. The van der Waals surface area contributed by atoms with Crippen molar-refractivity contribution in [2.45, 2.75) is 77.0 Å². The number of halogens is 5. The highest BCUT2D eigenvalue weighted by Crippen LogP contribution is 2.43. The molecule has 0 radical (unpaired) electrons. The summed E-state index contributed by atoms with van der Waals surface area (Å²) in [5, 5.41) is 0. The number of carbonyl (C=O) groups excluding carboxylic acids is 1. The molecule has 0 spiro atoms. The molecule has 9 heteroatoms. The van der Waals surface area contributed by atoms with E-state index in [0.29, 0.717) is 37.7 Å². The van der Waals surface area contributed by atoms with Gasteiger partial charge in [0.15, 0.2) is 23.1 Å². The summed E-state index contributed by atoms with van der Waals surface area (Å²) in [7, 11) is 0. The Morgan fingerprint density at radius 3 is 1.93 bits per heavy atom. The molecule has 226 valence electrons. The van der Waals surface area contributed by atoms with Crippen molar-refractivity contribution in [3.63, 3.8) is 0 Å². The van der Waals surface area contributed by atoms with Crippen LogP contribution >= 0.6 is 0 Å². The maximum atomic E-state index is 15.1. The minimum atomic E-state index is -1.37. The highest BCUT2D eigenvalue weighted by atomic mass is 19.2. The third-order valence-corrected chi connectivity index (χ3v) is 7.69. The molecule has 0 N–H and O–H groups in total. The fraction of sp³-hybridized carbons (Fsp3) is 0.424. The van der Waals surface area contributed by atoms with Gasteiger partial charge in [-0.15, -0.1) is 0 Å². The largest absolute Gasteiger partial charge is 0.491 e. The third-order valence-electron chi connectivity index (χ3n) is 7.69. The first-order valence-electron chi connectivity index (χ1n) is 14.5. The van der Waals surface area contributed by atoms with Gasteiger partial charge in [-0.25, -0.2) is 13.6 Å². The van der Waals surface area contributed by atoms with Crippen LogP contribution in [0.1, 0.15) is 98.5 Å². The number of hydrogen-bond acceptors (Lipinski definition) is 4. The summed E-state index contributed by atoms with van der Waals surface area (Å²) in [4.78, 5) is 12.6. The van der Waals surface area contributed by atoms with Crippen LogP contribution in [0.4, 0.5) is 22.0 Å². The van der Waals surface area contributed by atoms with Crippen LogP contribution in [0.2, 0.25) is 0 Å². The molecule has 0 atom stereocenters. The van der Waals surface area contributed by atoms with Crippen LogP contribution in [0.3, 0.4) is 0 Å². The molecule has 0 aromatic heterocycles. The first-order chi connectivity index (χ1) is 20.2. The molecule has 42 heavy (non-hydrogen) atoms. The van der Waals surface area contributed by atoms with E-state index in [1.807, 2.05) is 0 Å². The van der Waals surface area contributed by atoms with Gasteiger partial charge in [-0.1, -0.05) is 38.3 Å². The SMILES string of the molecule is CCCCCCOc1ccc(OC(=O)c2ccc(C3CCC(c4ccc(OCC)c(F)c4F)CC3)c(F)c2)c(F)c1F. The minimum absolute atomic E-state index is 0.125. The summed E-state index contributed by atoms with van der Waals surface area (Å²) in [6.07, 6.45) is 5.81. The smallest absolute Gasteiger partial charge is 0.343 e. The molecule has 0 saturated heterocycles. The zero-order valence-corrected chi connectivity index (χ0v) is 23.8. The summed E-state index contributed by atoms with van der Waals surface area (Å²) in [5.74, 6) is -7.64. The van der Waals surface area contributed by atoms with E-state index in [1.165, 1.54) is 24.3 Å². The maximum absolute atomic E-state index is 15.1. The van der Waals surface area contributed by atoms with Crippen LogP contribution in [-0.2, 0) is 0 Å². The molecule has 0 bridgehead atoms. The first kappa shape index (κ1) is 31.3. The molecule has 1 aliphatic rings. The molecular formula is C33H35F5O4. The molecule has 3 aromatic carbocycles. The van der Waals surface area contributed by atoms with E-state index in [2.05, 4.69) is 6.92 Å². The Hall–Kier alpha value is -3.62. The molecule has 4 nitrogen and oxygen atoms in total. The second-order valence-corrected chi connectivity index (χ2v) is 10.5. The number of esters is 1. The number of benzene rings is 3. The molecule has 4 rings (SSSR count). The predicted molar refractivity (Wildman–Crippen MR) is 149 cm³/mol. The topological polar surface area (TPSA) is 44.8 Å². The van der Waals surface area contributed by atoms with E-state index in [0.717, 1.165) is 31.4 Å². The van der Waals surface area contributed by atoms with Crippen LogP contribution < -0.4 is 14.2 Å². The van der Waals surface area contributed by atoms with Gasteiger partial charge < -0.3 is 14.2 Å². The molecular weight excluding hydrogens is 555 g/mol. The monoisotopic (exact) mass is 590 g/mol. The van der Waals surface area contributed by atoms with Crippen molar-refractivity contribution in [1.82, 2.24) is 0 Å². The molecule has 0 amide bonds. The van der Waals surface area contributed by atoms with Crippen molar-refractivity contribution in [2.75, 3.05) is 13.2 Å². The van der Waals surface area contributed by atoms with E-state index in [1.54, 1.807) is 13.0 Å². The van der Waals surface area contributed by atoms with Gasteiger partial charge >= 0.3 is 5.97 Å². The molecule has 3 aromatic rings. The molecule has 0 heterocycles. The van der Waals surface area contributed by atoms with Crippen molar-refractivity contribution < 1.29 is 41.0 Å². The minimum Gasteiger partial charge on any atom is -0.491 e. The van der Waals surface area contributed by atoms with Crippen molar-refractivity contribution in [3.8, 4) is 17.2 Å². The highest BCUT2D eigenvalue weighted by molar-refractivity contribution is 5.91. The lowest BCUT2D eigenvalue weighted by Gasteiger charge is -2.29. The van der Waals surface area contributed by atoms with Gasteiger partial charge in [-0.3, -0.25) is 0 Å². The summed E-state index contributed by atoms with van der Waals surface area (Å²) >= 11 is 0. The summed E-state index contributed by atoms with van der Waals surface area (Å²) in [5.41, 5.74) is 0.511. The molecule has 0 aliphatic heterocycles. The molecule has 1 aliphatic carbocycles. The van der Waals surface area contributed by atoms with Gasteiger partial charge in [0.2, 0.25) is 17.5 Å². The van der Waals surface area contributed by atoms with E-state index in [9.17, 15) is 22.4 Å². The predicted octanol–water partition coefficient (Wildman–Crippen LogP) is 9.40. The number of unbranched alkanes of at least 4 members (excludes halogenated alkanes) is 3. The van der Waals surface area contributed by atoms with Crippen LogP contribution in [0.15, 0.2) is 42.5 Å². The normalized spacial score (nSPS) is 16.7. The van der Waals surface area contributed by atoms with E-state index in [-0.39, 0.29) is 47.7 Å². The van der Waals surface area contributed by atoms with Crippen LogP contribution in [-0.4, -0.2) is 19.2 Å². The van der Waals surface area contributed by atoms with E-state index >= 15 is 4.39 Å². The standard InChI is InChI=1S/C33H35F5O4/c1-3-5-6-7-18-41-27-16-17-28(32(38)31(27)37)42-33(39)22-12-13-23(25(34)19-22)20-8-10-21(11-9-20)24-14-15-26(40-4-2)30(36)29(24)35/h12-17,19-21H,3-11,18H2,1-2H3. The summed E-state index contributed by atoms with van der Waals surface area (Å²) in [6, 6.07) is 9.11. The summed E-state index contributed by atoms with van der Waals surface area (Å²) in [6.45, 7) is 4.21.